The maximum absolute atomic E-state index is 12.2. The van der Waals surface area contributed by atoms with Gasteiger partial charge in [-0.25, -0.2) is 5.43 Å². The van der Waals surface area contributed by atoms with Gasteiger partial charge in [0.15, 0.2) is 0 Å². The van der Waals surface area contributed by atoms with Gasteiger partial charge in [0.25, 0.3) is 5.91 Å². The maximum Gasteiger partial charge on any atom is 0.289 e. The number of ether oxygens (including phenoxy) is 1. The molecule has 1 heterocycles. The number of aromatic nitrogens is 2. The molecule has 132 valence electrons. The summed E-state index contributed by atoms with van der Waals surface area (Å²) in [6.45, 7) is 2.55. The normalized spacial score (nSPS) is 10.8. The van der Waals surface area contributed by atoms with E-state index in [0.29, 0.717) is 18.0 Å². The molecule has 6 nitrogen and oxygen atoms in total. The fourth-order valence-electron chi connectivity index (χ4n) is 2.27. The fourth-order valence-corrected chi connectivity index (χ4v) is 2.66. The molecule has 0 saturated carbocycles. The lowest BCUT2D eigenvalue weighted by Crippen LogP contribution is -2.18. The van der Waals surface area contributed by atoms with Gasteiger partial charge in [0.05, 0.1) is 18.5 Å². The van der Waals surface area contributed by atoms with Gasteiger partial charge in [-0.2, -0.15) is 10.2 Å². The Balaban J connectivity index is 1.65. The lowest BCUT2D eigenvalue weighted by molar-refractivity contribution is 0.0950. The van der Waals surface area contributed by atoms with Gasteiger partial charge >= 0.3 is 0 Å². The zero-order valence-electron chi connectivity index (χ0n) is 14.1. The summed E-state index contributed by atoms with van der Waals surface area (Å²) in [5, 5.41) is 10.9. The molecule has 0 saturated heterocycles. The number of halogens is 1. The summed E-state index contributed by atoms with van der Waals surface area (Å²) in [6.07, 6.45) is 1.58. The maximum atomic E-state index is 12.2. The Morgan fingerprint density at radius 3 is 2.77 bits per heavy atom. The summed E-state index contributed by atoms with van der Waals surface area (Å²) in [4.78, 5) is 12.2. The van der Waals surface area contributed by atoms with Crippen molar-refractivity contribution in [3.8, 4) is 17.0 Å². The topological polar surface area (TPSA) is 79.4 Å². The quantitative estimate of drug-likeness (QED) is 0.474. The Bertz CT molecular complexity index is 919. The molecule has 0 bridgehead atoms. The van der Waals surface area contributed by atoms with Crippen molar-refractivity contribution in [2.75, 3.05) is 6.61 Å². The number of aromatic amines is 1. The standard InChI is InChI=1S/C19H17BrN4O2/c1-2-26-15-9-7-13(8-10-15)17-11-18(23-22-17)19(25)24-21-12-14-5-3-4-6-16(14)20/h3-12H,2H2,1H3,(H,22,23)(H,24,25). The highest BCUT2D eigenvalue weighted by molar-refractivity contribution is 9.10. The first-order valence-electron chi connectivity index (χ1n) is 8.04. The smallest absolute Gasteiger partial charge is 0.289 e. The first-order valence-corrected chi connectivity index (χ1v) is 8.83. The number of carbonyl (C=O) groups is 1. The summed E-state index contributed by atoms with van der Waals surface area (Å²) in [7, 11) is 0. The minimum Gasteiger partial charge on any atom is -0.494 e. The van der Waals surface area contributed by atoms with E-state index in [-0.39, 0.29) is 5.91 Å². The van der Waals surface area contributed by atoms with Crippen molar-refractivity contribution in [2.24, 2.45) is 5.10 Å². The molecule has 0 unspecified atom stereocenters. The first-order chi connectivity index (χ1) is 12.7. The van der Waals surface area contributed by atoms with Crippen LogP contribution in [0.5, 0.6) is 5.75 Å². The Kier molecular flexibility index (Phi) is 5.80. The van der Waals surface area contributed by atoms with E-state index in [1.165, 1.54) is 0 Å². The summed E-state index contributed by atoms with van der Waals surface area (Å²) in [5.74, 6) is 0.434. The molecule has 0 aliphatic rings. The molecule has 3 aromatic rings. The number of amides is 1. The molecule has 7 heteroatoms. The van der Waals surface area contributed by atoms with Crippen LogP contribution in [0.1, 0.15) is 23.0 Å². The second-order valence-corrected chi connectivity index (χ2v) is 6.20. The van der Waals surface area contributed by atoms with E-state index in [1.54, 1.807) is 12.3 Å². The van der Waals surface area contributed by atoms with Crippen molar-refractivity contribution in [3.63, 3.8) is 0 Å². The van der Waals surface area contributed by atoms with Crippen LogP contribution >= 0.6 is 15.9 Å². The minimum atomic E-state index is -0.363. The van der Waals surface area contributed by atoms with E-state index < -0.39 is 0 Å². The monoisotopic (exact) mass is 412 g/mol. The molecule has 3 rings (SSSR count). The predicted molar refractivity (Wildman–Crippen MR) is 104 cm³/mol. The van der Waals surface area contributed by atoms with Gasteiger partial charge in [0.2, 0.25) is 0 Å². The van der Waals surface area contributed by atoms with E-state index >= 15 is 0 Å². The van der Waals surface area contributed by atoms with Crippen molar-refractivity contribution in [3.05, 3.63) is 70.3 Å². The van der Waals surface area contributed by atoms with Crippen molar-refractivity contribution >= 4 is 28.1 Å². The Morgan fingerprint density at radius 2 is 2.04 bits per heavy atom. The van der Waals surface area contributed by atoms with Gasteiger partial charge in [-0.3, -0.25) is 9.89 Å². The van der Waals surface area contributed by atoms with Gasteiger partial charge in [-0.1, -0.05) is 34.1 Å². The Labute approximate surface area is 159 Å². The van der Waals surface area contributed by atoms with Crippen molar-refractivity contribution in [2.45, 2.75) is 6.92 Å². The van der Waals surface area contributed by atoms with Gasteiger partial charge in [0.1, 0.15) is 11.4 Å². The summed E-state index contributed by atoms with van der Waals surface area (Å²) in [6, 6.07) is 16.8. The van der Waals surface area contributed by atoms with Crippen LogP contribution < -0.4 is 10.2 Å². The van der Waals surface area contributed by atoms with Crippen molar-refractivity contribution in [1.29, 1.82) is 0 Å². The van der Waals surface area contributed by atoms with Gasteiger partial charge in [0, 0.05) is 15.6 Å². The van der Waals surface area contributed by atoms with Crippen molar-refractivity contribution in [1.82, 2.24) is 15.6 Å². The summed E-state index contributed by atoms with van der Waals surface area (Å²) >= 11 is 3.42. The summed E-state index contributed by atoms with van der Waals surface area (Å²) < 4.78 is 6.32. The zero-order valence-corrected chi connectivity index (χ0v) is 15.7. The van der Waals surface area contributed by atoms with E-state index in [1.807, 2.05) is 55.5 Å². The average molecular weight is 413 g/mol. The number of H-pyrrole nitrogens is 1. The zero-order chi connectivity index (χ0) is 18.4. The number of nitrogens with zero attached hydrogens (tertiary/aromatic N) is 2. The van der Waals surface area contributed by atoms with Gasteiger partial charge < -0.3 is 4.74 Å². The second kappa shape index (κ2) is 8.44. The predicted octanol–water partition coefficient (Wildman–Crippen LogP) is 4.00. The lowest BCUT2D eigenvalue weighted by Gasteiger charge is -2.02. The number of benzene rings is 2. The lowest BCUT2D eigenvalue weighted by atomic mass is 10.1. The van der Waals surface area contributed by atoms with Crippen LogP contribution in [0, 0.1) is 0 Å². The van der Waals surface area contributed by atoms with E-state index in [4.69, 9.17) is 4.74 Å². The third-order valence-electron chi connectivity index (χ3n) is 3.56. The molecule has 1 amide bonds. The highest BCUT2D eigenvalue weighted by atomic mass is 79.9. The highest BCUT2D eigenvalue weighted by Crippen LogP contribution is 2.21. The largest absolute Gasteiger partial charge is 0.494 e. The van der Waals surface area contributed by atoms with Gasteiger partial charge in [-0.15, -0.1) is 0 Å². The number of rotatable bonds is 6. The molecule has 0 fully saturated rings. The molecular weight excluding hydrogens is 396 g/mol. The third kappa shape index (κ3) is 4.37. The molecule has 2 aromatic carbocycles. The van der Waals surface area contributed by atoms with Crippen LogP contribution in [0.4, 0.5) is 0 Å². The first kappa shape index (κ1) is 17.9. The number of carbonyl (C=O) groups excluding carboxylic acids is 1. The van der Waals surface area contributed by atoms with E-state index in [2.05, 4.69) is 36.7 Å². The molecular formula is C19H17BrN4O2. The number of hydrazone groups is 1. The SMILES string of the molecule is CCOc1ccc(-c2cc(C(=O)NN=Cc3ccccc3Br)[nH]n2)cc1. The molecule has 0 atom stereocenters. The number of hydrogen-bond donors (Lipinski definition) is 2. The van der Waals surface area contributed by atoms with Gasteiger partial charge in [-0.05, 0) is 43.3 Å². The van der Waals surface area contributed by atoms with Crippen LogP contribution in [0.3, 0.4) is 0 Å². The van der Waals surface area contributed by atoms with Crippen LogP contribution in [0.2, 0.25) is 0 Å². The van der Waals surface area contributed by atoms with E-state index in [9.17, 15) is 4.79 Å². The highest BCUT2D eigenvalue weighted by Gasteiger charge is 2.10. The summed E-state index contributed by atoms with van der Waals surface area (Å²) in [5.41, 5.74) is 5.25. The molecule has 0 radical (unpaired) electrons. The molecule has 26 heavy (non-hydrogen) atoms. The fraction of sp³-hybridized carbons (Fsp3) is 0.105. The Hall–Kier alpha value is -2.93. The number of nitrogens with one attached hydrogen (secondary N) is 2. The van der Waals surface area contributed by atoms with Crippen LogP contribution in [-0.2, 0) is 0 Å². The second-order valence-electron chi connectivity index (χ2n) is 5.34. The Morgan fingerprint density at radius 1 is 1.27 bits per heavy atom. The molecule has 1 aromatic heterocycles. The van der Waals surface area contributed by atoms with Crippen LogP contribution in [-0.4, -0.2) is 28.9 Å². The minimum absolute atomic E-state index is 0.332. The third-order valence-corrected chi connectivity index (χ3v) is 4.28. The van der Waals surface area contributed by atoms with Crippen LogP contribution in [0.25, 0.3) is 11.3 Å². The molecule has 0 aliphatic heterocycles. The van der Waals surface area contributed by atoms with E-state index in [0.717, 1.165) is 21.3 Å². The molecule has 2 N–H and O–H groups in total. The molecule has 0 aliphatic carbocycles. The number of hydrogen-bond acceptors (Lipinski definition) is 4. The van der Waals surface area contributed by atoms with Crippen molar-refractivity contribution < 1.29 is 9.53 Å². The van der Waals surface area contributed by atoms with Crippen LogP contribution in [0.15, 0.2) is 64.2 Å². The average Bonchev–Trinajstić information content (AvgIpc) is 3.14. The molecule has 0 spiro atoms.